The maximum Gasteiger partial charge on any atom is 0.255 e. The zero-order chi connectivity index (χ0) is 24.1. The van der Waals surface area contributed by atoms with Gasteiger partial charge in [-0.2, -0.15) is 0 Å². The van der Waals surface area contributed by atoms with Crippen LogP contribution >= 0.6 is 23.2 Å². The Morgan fingerprint density at radius 1 is 0.912 bits per heavy atom. The summed E-state index contributed by atoms with van der Waals surface area (Å²) in [5.74, 6) is 0.888. The van der Waals surface area contributed by atoms with Gasteiger partial charge in [-0.05, 0) is 74.9 Å². The third kappa shape index (κ3) is 5.87. The van der Waals surface area contributed by atoms with Crippen molar-refractivity contribution in [3.8, 4) is 5.75 Å². The Kier molecular flexibility index (Phi) is 8.05. The average molecular weight is 503 g/mol. The van der Waals surface area contributed by atoms with Crippen molar-refractivity contribution in [2.24, 2.45) is 5.41 Å². The Hall–Kier alpha value is -2.24. The van der Waals surface area contributed by atoms with Gasteiger partial charge in [-0.3, -0.25) is 9.59 Å². The lowest BCUT2D eigenvalue weighted by Crippen LogP contribution is -2.48. The molecule has 2 aliphatic rings. The highest BCUT2D eigenvalue weighted by Crippen LogP contribution is 2.38. The van der Waals surface area contributed by atoms with E-state index in [0.717, 1.165) is 37.2 Å². The number of piperidine rings is 2. The van der Waals surface area contributed by atoms with Gasteiger partial charge in [0.2, 0.25) is 5.91 Å². The average Bonchev–Trinajstić information content (AvgIpc) is 2.86. The molecular formula is C27H32Cl2N2O3. The molecule has 2 amide bonds. The highest BCUT2D eigenvalue weighted by Gasteiger charge is 2.40. The van der Waals surface area contributed by atoms with Crippen molar-refractivity contribution < 1.29 is 14.3 Å². The van der Waals surface area contributed by atoms with Crippen LogP contribution in [-0.4, -0.2) is 54.4 Å². The SMILES string of the molecule is Cc1cc(OCC2(CC(=O)N3CCCCC3)CCN(C(=O)c3ccccc3Cl)CC2)ccc1Cl. The van der Waals surface area contributed by atoms with E-state index in [1.165, 1.54) is 6.42 Å². The first-order valence-electron chi connectivity index (χ1n) is 12.1. The van der Waals surface area contributed by atoms with Crippen LogP contribution in [-0.2, 0) is 4.79 Å². The molecule has 0 spiro atoms. The third-order valence-electron chi connectivity index (χ3n) is 7.13. The fraction of sp³-hybridized carbons (Fsp3) is 0.481. The van der Waals surface area contributed by atoms with Crippen molar-refractivity contribution in [3.63, 3.8) is 0 Å². The molecule has 0 unspecified atom stereocenters. The summed E-state index contributed by atoms with van der Waals surface area (Å²) in [6, 6.07) is 12.8. The third-order valence-corrected chi connectivity index (χ3v) is 7.88. The van der Waals surface area contributed by atoms with E-state index in [4.69, 9.17) is 27.9 Å². The van der Waals surface area contributed by atoms with Crippen LogP contribution in [0.15, 0.2) is 42.5 Å². The molecule has 2 fully saturated rings. The molecule has 2 aromatic rings. The van der Waals surface area contributed by atoms with Gasteiger partial charge in [0.25, 0.3) is 5.91 Å². The first-order chi connectivity index (χ1) is 16.4. The van der Waals surface area contributed by atoms with Gasteiger partial charge in [0, 0.05) is 43.0 Å². The van der Waals surface area contributed by atoms with E-state index >= 15 is 0 Å². The van der Waals surface area contributed by atoms with Crippen molar-refractivity contribution in [2.75, 3.05) is 32.8 Å². The van der Waals surface area contributed by atoms with Crippen LogP contribution in [0.3, 0.4) is 0 Å². The predicted octanol–water partition coefficient (Wildman–Crippen LogP) is 6.01. The standard InChI is InChI=1S/C27H32Cl2N2O3/c1-20-17-21(9-10-23(20)28)34-19-27(18-25(32)30-13-5-2-6-14-30)11-15-31(16-12-27)26(33)22-7-3-4-8-24(22)29/h3-4,7-10,17H,2,5-6,11-16,18-19H2,1H3. The minimum absolute atomic E-state index is 0.0594. The topological polar surface area (TPSA) is 49.9 Å². The predicted molar refractivity (Wildman–Crippen MR) is 136 cm³/mol. The molecule has 0 radical (unpaired) electrons. The summed E-state index contributed by atoms with van der Waals surface area (Å²) in [6.45, 7) is 5.19. The molecule has 2 aromatic carbocycles. The Morgan fingerprint density at radius 2 is 1.62 bits per heavy atom. The molecule has 0 N–H and O–H groups in total. The highest BCUT2D eigenvalue weighted by atomic mass is 35.5. The summed E-state index contributed by atoms with van der Waals surface area (Å²) in [4.78, 5) is 30.1. The molecule has 0 aromatic heterocycles. The van der Waals surface area contributed by atoms with Gasteiger partial charge >= 0.3 is 0 Å². The molecule has 4 rings (SSSR count). The summed E-state index contributed by atoms with van der Waals surface area (Å²) in [5, 5.41) is 1.17. The van der Waals surface area contributed by atoms with Crippen molar-refractivity contribution >= 4 is 35.0 Å². The van der Waals surface area contributed by atoms with Crippen LogP contribution in [0.5, 0.6) is 5.75 Å². The molecule has 182 valence electrons. The molecule has 0 aliphatic carbocycles. The van der Waals surface area contributed by atoms with Gasteiger partial charge in [-0.1, -0.05) is 35.3 Å². The Balaban J connectivity index is 1.47. The maximum absolute atomic E-state index is 13.2. The lowest BCUT2D eigenvalue weighted by Gasteiger charge is -2.42. The molecule has 0 bridgehead atoms. The first-order valence-corrected chi connectivity index (χ1v) is 12.8. The highest BCUT2D eigenvalue weighted by molar-refractivity contribution is 6.33. The molecule has 34 heavy (non-hydrogen) atoms. The summed E-state index contributed by atoms with van der Waals surface area (Å²) >= 11 is 12.4. The normalized spacial score (nSPS) is 18.0. The van der Waals surface area contributed by atoms with Crippen LogP contribution in [0, 0.1) is 12.3 Å². The minimum atomic E-state index is -0.320. The number of aryl methyl sites for hydroxylation is 1. The molecule has 2 saturated heterocycles. The van der Waals surface area contributed by atoms with Gasteiger partial charge in [-0.25, -0.2) is 0 Å². The van der Waals surface area contributed by atoms with E-state index in [-0.39, 0.29) is 17.2 Å². The summed E-state index contributed by atoms with van der Waals surface area (Å²) in [5.41, 5.74) is 1.16. The van der Waals surface area contributed by atoms with Crippen LogP contribution in [0.2, 0.25) is 10.0 Å². The van der Waals surface area contributed by atoms with E-state index in [1.54, 1.807) is 12.1 Å². The van der Waals surface area contributed by atoms with E-state index in [2.05, 4.69) is 0 Å². The van der Waals surface area contributed by atoms with Crippen molar-refractivity contribution in [1.29, 1.82) is 0 Å². The number of carbonyl (C=O) groups is 2. The maximum atomic E-state index is 13.2. The molecular weight excluding hydrogens is 471 g/mol. The van der Waals surface area contributed by atoms with Gasteiger partial charge < -0.3 is 14.5 Å². The van der Waals surface area contributed by atoms with E-state index in [9.17, 15) is 9.59 Å². The van der Waals surface area contributed by atoms with Crippen LogP contribution in [0.4, 0.5) is 0 Å². The summed E-state index contributed by atoms with van der Waals surface area (Å²) in [7, 11) is 0. The lowest BCUT2D eigenvalue weighted by atomic mass is 9.75. The second-order valence-electron chi connectivity index (χ2n) is 9.59. The molecule has 2 aliphatic heterocycles. The number of amides is 2. The molecule has 7 heteroatoms. The molecule has 5 nitrogen and oxygen atoms in total. The quantitative estimate of drug-likeness (QED) is 0.486. The number of carbonyl (C=O) groups excluding carboxylic acids is 2. The smallest absolute Gasteiger partial charge is 0.255 e. The van der Waals surface area contributed by atoms with Gasteiger partial charge in [0.05, 0.1) is 17.2 Å². The zero-order valence-electron chi connectivity index (χ0n) is 19.7. The number of nitrogens with zero attached hydrogens (tertiary/aromatic N) is 2. The lowest BCUT2D eigenvalue weighted by molar-refractivity contribution is -0.136. The Morgan fingerprint density at radius 3 is 2.29 bits per heavy atom. The van der Waals surface area contributed by atoms with E-state index < -0.39 is 0 Å². The van der Waals surface area contributed by atoms with E-state index in [0.29, 0.717) is 54.6 Å². The number of benzene rings is 2. The first kappa shape index (κ1) is 24.9. The molecule has 0 saturated carbocycles. The van der Waals surface area contributed by atoms with E-state index in [1.807, 2.05) is 47.1 Å². The Bertz CT molecular complexity index is 1030. The minimum Gasteiger partial charge on any atom is -0.493 e. The van der Waals surface area contributed by atoms with Gasteiger partial charge in [0.15, 0.2) is 0 Å². The van der Waals surface area contributed by atoms with Gasteiger partial charge in [0.1, 0.15) is 5.75 Å². The number of hydrogen-bond donors (Lipinski definition) is 0. The van der Waals surface area contributed by atoms with Crippen molar-refractivity contribution in [2.45, 2.75) is 45.4 Å². The second-order valence-corrected chi connectivity index (χ2v) is 10.4. The fourth-order valence-corrected chi connectivity index (χ4v) is 5.21. The zero-order valence-corrected chi connectivity index (χ0v) is 21.2. The van der Waals surface area contributed by atoms with Crippen LogP contribution in [0.25, 0.3) is 0 Å². The summed E-state index contributed by atoms with van der Waals surface area (Å²) in [6.07, 6.45) is 5.17. The monoisotopic (exact) mass is 502 g/mol. The van der Waals surface area contributed by atoms with Crippen molar-refractivity contribution in [3.05, 3.63) is 63.6 Å². The number of halogens is 2. The fourth-order valence-electron chi connectivity index (χ4n) is 4.88. The molecule has 2 heterocycles. The van der Waals surface area contributed by atoms with Crippen LogP contribution in [0.1, 0.15) is 54.4 Å². The largest absolute Gasteiger partial charge is 0.493 e. The number of rotatable bonds is 6. The number of likely N-dealkylation sites (tertiary alicyclic amines) is 2. The van der Waals surface area contributed by atoms with Crippen molar-refractivity contribution in [1.82, 2.24) is 9.80 Å². The number of hydrogen-bond acceptors (Lipinski definition) is 3. The number of ether oxygens (including phenoxy) is 1. The second kappa shape index (κ2) is 11.0. The van der Waals surface area contributed by atoms with Gasteiger partial charge in [-0.15, -0.1) is 0 Å². The molecule has 0 atom stereocenters. The Labute approximate surface area is 212 Å². The van der Waals surface area contributed by atoms with Crippen LogP contribution < -0.4 is 4.74 Å². The summed E-state index contributed by atoms with van der Waals surface area (Å²) < 4.78 is 6.22.